The number of hydrogen-bond acceptors (Lipinski definition) is 7. The van der Waals surface area contributed by atoms with Gasteiger partial charge in [-0.3, -0.25) is 24.0 Å². The largest absolute Gasteiger partial charge is 0.467 e. The van der Waals surface area contributed by atoms with Crippen molar-refractivity contribution in [2.75, 3.05) is 7.11 Å². The Morgan fingerprint density at radius 3 is 1.88 bits per heavy atom. The minimum Gasteiger partial charge on any atom is -0.467 e. The quantitative estimate of drug-likeness (QED) is 0.180. The van der Waals surface area contributed by atoms with Crippen LogP contribution in [-0.2, 0) is 46.3 Å². The van der Waals surface area contributed by atoms with Gasteiger partial charge in [0.2, 0.25) is 23.5 Å². The molecular formula is C32H42N4O7. The van der Waals surface area contributed by atoms with E-state index in [0.717, 1.165) is 11.1 Å². The van der Waals surface area contributed by atoms with Crippen LogP contribution in [0.1, 0.15) is 52.2 Å². The van der Waals surface area contributed by atoms with Gasteiger partial charge in [0.15, 0.2) is 0 Å². The Morgan fingerprint density at radius 2 is 1.35 bits per heavy atom. The van der Waals surface area contributed by atoms with Crippen LogP contribution in [0.4, 0.5) is 0 Å². The average Bonchev–Trinajstić information content (AvgIpc) is 2.98. The lowest BCUT2D eigenvalue weighted by molar-refractivity contribution is -0.150. The number of nitrogens with one attached hydrogen (secondary N) is 4. The first kappa shape index (κ1) is 34.7. The maximum atomic E-state index is 13.3. The van der Waals surface area contributed by atoms with E-state index in [1.54, 1.807) is 19.1 Å². The summed E-state index contributed by atoms with van der Waals surface area (Å²) in [6, 6.07) is 14.7. The Hall–Kier alpha value is -4.54. The van der Waals surface area contributed by atoms with E-state index in [1.807, 2.05) is 55.5 Å². The number of ether oxygens (including phenoxy) is 1. The number of amides is 4. The minimum atomic E-state index is -1.37. The number of esters is 1. The number of Topliss-reactive ketones (excluding diaryl/α,β-unsaturated/α-hetero) is 1. The van der Waals surface area contributed by atoms with Gasteiger partial charge >= 0.3 is 5.97 Å². The van der Waals surface area contributed by atoms with Crippen LogP contribution in [0.25, 0.3) is 0 Å². The predicted octanol–water partition coefficient (Wildman–Crippen LogP) is 1.63. The Kier molecular flexibility index (Phi) is 13.0. The Labute approximate surface area is 252 Å². The first-order chi connectivity index (χ1) is 20.3. The lowest BCUT2D eigenvalue weighted by Gasteiger charge is -2.29. The lowest BCUT2D eigenvalue weighted by Crippen LogP contribution is -2.60. The van der Waals surface area contributed by atoms with Crippen molar-refractivity contribution >= 4 is 35.4 Å². The average molecular weight is 595 g/mol. The van der Waals surface area contributed by atoms with Crippen molar-refractivity contribution in [1.82, 2.24) is 21.3 Å². The topological polar surface area (TPSA) is 160 Å². The van der Waals surface area contributed by atoms with E-state index in [9.17, 15) is 28.8 Å². The second-order valence-corrected chi connectivity index (χ2v) is 11.0. The summed E-state index contributed by atoms with van der Waals surface area (Å²) in [6.07, 6.45) is 0.704. The molecule has 2 aromatic carbocycles. The van der Waals surface area contributed by atoms with Crippen molar-refractivity contribution in [3.63, 3.8) is 0 Å². The molecule has 0 aliphatic rings. The molecule has 0 heterocycles. The van der Waals surface area contributed by atoms with Crippen molar-refractivity contribution in [2.45, 2.75) is 77.5 Å². The monoisotopic (exact) mass is 594 g/mol. The molecule has 1 unspecified atom stereocenters. The number of carbonyl (C=O) groups is 6. The predicted molar refractivity (Wildman–Crippen MR) is 160 cm³/mol. The second kappa shape index (κ2) is 16.2. The third kappa shape index (κ3) is 10.7. The van der Waals surface area contributed by atoms with Crippen LogP contribution in [0.15, 0.2) is 60.7 Å². The summed E-state index contributed by atoms with van der Waals surface area (Å²) in [4.78, 5) is 77.1. The van der Waals surface area contributed by atoms with Gasteiger partial charge in [0.25, 0.3) is 5.91 Å². The van der Waals surface area contributed by atoms with Crippen molar-refractivity contribution in [3.05, 3.63) is 71.8 Å². The molecule has 0 fully saturated rings. The molecule has 0 bridgehead atoms. The second-order valence-electron chi connectivity index (χ2n) is 11.0. The highest BCUT2D eigenvalue weighted by Crippen LogP contribution is 2.12. The maximum absolute atomic E-state index is 13.3. The molecule has 0 radical (unpaired) electrons. The van der Waals surface area contributed by atoms with Crippen LogP contribution in [0.2, 0.25) is 0 Å². The van der Waals surface area contributed by atoms with Crippen LogP contribution < -0.4 is 21.3 Å². The van der Waals surface area contributed by atoms with Gasteiger partial charge in [-0.05, 0) is 37.8 Å². The lowest BCUT2D eigenvalue weighted by atomic mass is 9.96. The number of benzene rings is 2. The summed E-state index contributed by atoms with van der Waals surface area (Å²) >= 11 is 0. The van der Waals surface area contributed by atoms with E-state index < -0.39 is 53.1 Å². The van der Waals surface area contributed by atoms with Crippen LogP contribution in [0.5, 0.6) is 0 Å². The number of rotatable bonds is 15. The van der Waals surface area contributed by atoms with Gasteiger partial charge in [-0.25, -0.2) is 4.79 Å². The van der Waals surface area contributed by atoms with Gasteiger partial charge in [0, 0.05) is 6.42 Å². The highest BCUT2D eigenvalue weighted by molar-refractivity contribution is 6.38. The number of ketones is 1. The zero-order valence-electron chi connectivity index (χ0n) is 25.6. The summed E-state index contributed by atoms with van der Waals surface area (Å²) < 4.78 is 4.72. The standard InChI is InChI=1S/C32H42N4O7/c1-7-20(2)26(29(40)36-32(4,5)31(42)43-6)35-30(41)27(38)21(3)33-28(39)24(18-22-14-10-8-11-15-22)34-25(37)19-23-16-12-9-13-17-23/h8-17,20-21,24,26H,7,18-19H2,1-6H3,(H,33,39)(H,34,37)(H,35,41)(H,36,40)/t20-,21?,24-,26-/m0/s1. The molecule has 0 aliphatic heterocycles. The molecule has 11 heteroatoms. The van der Waals surface area contributed by atoms with Crippen LogP contribution >= 0.6 is 0 Å². The Balaban J connectivity index is 2.12. The van der Waals surface area contributed by atoms with E-state index in [1.165, 1.54) is 27.9 Å². The molecule has 0 spiro atoms. The van der Waals surface area contributed by atoms with E-state index in [4.69, 9.17) is 4.74 Å². The van der Waals surface area contributed by atoms with Gasteiger partial charge in [-0.15, -0.1) is 0 Å². The van der Waals surface area contributed by atoms with Gasteiger partial charge in [0.1, 0.15) is 17.6 Å². The summed E-state index contributed by atoms with van der Waals surface area (Å²) in [5.74, 6) is -4.79. The fraction of sp³-hybridized carbons (Fsp3) is 0.438. The molecule has 4 atom stereocenters. The van der Waals surface area contributed by atoms with Crippen LogP contribution in [-0.4, -0.2) is 66.2 Å². The van der Waals surface area contributed by atoms with Crippen molar-refractivity contribution in [2.24, 2.45) is 5.92 Å². The molecule has 2 rings (SSSR count). The highest BCUT2D eigenvalue weighted by Gasteiger charge is 2.37. The van der Waals surface area contributed by atoms with E-state index in [0.29, 0.717) is 6.42 Å². The van der Waals surface area contributed by atoms with Gasteiger partial charge < -0.3 is 26.0 Å². The Morgan fingerprint density at radius 1 is 0.791 bits per heavy atom. The van der Waals surface area contributed by atoms with Crippen molar-refractivity contribution in [3.8, 4) is 0 Å². The minimum absolute atomic E-state index is 0.0577. The SMILES string of the molecule is CC[C@H](C)[C@H](NC(=O)C(=O)C(C)NC(=O)[C@H](Cc1ccccc1)NC(=O)Cc1ccccc1)C(=O)NC(C)(C)C(=O)OC. The normalized spacial score (nSPS) is 13.8. The third-order valence-electron chi connectivity index (χ3n) is 7.03. The fourth-order valence-electron chi connectivity index (χ4n) is 4.27. The van der Waals surface area contributed by atoms with E-state index in [2.05, 4.69) is 21.3 Å². The van der Waals surface area contributed by atoms with Gasteiger partial charge in [-0.1, -0.05) is 80.9 Å². The number of carbonyl (C=O) groups excluding carboxylic acids is 6. The molecule has 0 aliphatic carbocycles. The number of hydrogen-bond donors (Lipinski definition) is 4. The summed E-state index contributed by atoms with van der Waals surface area (Å²) in [5.41, 5.74) is 0.192. The van der Waals surface area contributed by atoms with Gasteiger partial charge in [0.05, 0.1) is 19.6 Å². The molecular weight excluding hydrogens is 552 g/mol. The van der Waals surface area contributed by atoms with Crippen LogP contribution in [0.3, 0.4) is 0 Å². The molecule has 0 saturated carbocycles. The highest BCUT2D eigenvalue weighted by atomic mass is 16.5. The van der Waals surface area contributed by atoms with Gasteiger partial charge in [-0.2, -0.15) is 0 Å². The zero-order chi connectivity index (χ0) is 32.2. The van der Waals surface area contributed by atoms with Crippen molar-refractivity contribution in [1.29, 1.82) is 0 Å². The van der Waals surface area contributed by atoms with Crippen LogP contribution in [0, 0.1) is 5.92 Å². The molecule has 43 heavy (non-hydrogen) atoms. The van der Waals surface area contributed by atoms with Crippen molar-refractivity contribution < 1.29 is 33.5 Å². The first-order valence-corrected chi connectivity index (χ1v) is 14.2. The molecule has 4 N–H and O–H groups in total. The summed E-state index contributed by atoms with van der Waals surface area (Å²) in [6.45, 7) is 7.80. The third-order valence-corrected chi connectivity index (χ3v) is 7.03. The van der Waals surface area contributed by atoms with E-state index >= 15 is 0 Å². The number of methoxy groups -OCH3 is 1. The fourth-order valence-corrected chi connectivity index (χ4v) is 4.27. The first-order valence-electron chi connectivity index (χ1n) is 14.2. The smallest absolute Gasteiger partial charge is 0.330 e. The molecule has 0 saturated heterocycles. The zero-order valence-corrected chi connectivity index (χ0v) is 25.6. The molecule has 232 valence electrons. The summed E-state index contributed by atoms with van der Waals surface area (Å²) in [5, 5.41) is 10.3. The molecule has 11 nitrogen and oxygen atoms in total. The Bertz CT molecular complexity index is 1280. The summed E-state index contributed by atoms with van der Waals surface area (Å²) in [7, 11) is 1.19. The van der Waals surface area contributed by atoms with E-state index in [-0.39, 0.29) is 24.7 Å². The molecule has 0 aromatic heterocycles. The molecule has 2 aromatic rings. The maximum Gasteiger partial charge on any atom is 0.330 e. The molecule has 4 amide bonds.